The monoisotopic (exact) mass is 440 g/mol. The van der Waals surface area contributed by atoms with Crippen LogP contribution in [0, 0.1) is 0 Å². The molecule has 1 saturated heterocycles. The summed E-state index contributed by atoms with van der Waals surface area (Å²) < 4.78 is 10.8. The highest BCUT2D eigenvalue weighted by atomic mass is 16.5. The number of hydrogen-bond acceptors (Lipinski definition) is 6. The van der Waals surface area contributed by atoms with Gasteiger partial charge in [0, 0.05) is 64.1 Å². The van der Waals surface area contributed by atoms with E-state index < -0.39 is 0 Å². The summed E-state index contributed by atoms with van der Waals surface area (Å²) in [5.41, 5.74) is 2.16. The fourth-order valence-corrected chi connectivity index (χ4v) is 3.68. The topological polar surface area (TPSA) is 65.5 Å². The van der Waals surface area contributed by atoms with Crippen LogP contribution in [0.4, 0.5) is 5.82 Å². The van der Waals surface area contributed by atoms with Crippen LogP contribution in [0.3, 0.4) is 0 Å². The SMILES string of the molecule is CCNC(=NCc1ccc(N2CCN(C)CC2)nc1)N(C)Cc1ccc(OC)cc1OC. The Morgan fingerprint density at radius 3 is 2.53 bits per heavy atom. The normalized spacial score (nSPS) is 14.9. The zero-order valence-electron chi connectivity index (χ0n) is 20.0. The summed E-state index contributed by atoms with van der Waals surface area (Å²) in [7, 11) is 7.52. The number of rotatable bonds is 8. The van der Waals surface area contributed by atoms with E-state index in [1.807, 2.05) is 31.4 Å². The van der Waals surface area contributed by atoms with Crippen LogP contribution in [0.5, 0.6) is 11.5 Å². The lowest BCUT2D eigenvalue weighted by Crippen LogP contribution is -2.44. The Labute approximate surface area is 191 Å². The third-order valence-electron chi connectivity index (χ3n) is 5.65. The predicted octanol–water partition coefficient (Wildman–Crippen LogP) is 2.45. The molecule has 2 aromatic rings. The van der Waals surface area contributed by atoms with Crippen LogP contribution in [-0.2, 0) is 13.1 Å². The lowest BCUT2D eigenvalue weighted by molar-refractivity contribution is 0.312. The Bertz CT molecular complexity index is 879. The highest BCUT2D eigenvalue weighted by Crippen LogP contribution is 2.25. The molecule has 0 radical (unpaired) electrons. The Hall–Kier alpha value is -3.00. The molecule has 1 aliphatic rings. The van der Waals surface area contributed by atoms with Crippen molar-refractivity contribution < 1.29 is 9.47 Å². The molecule has 1 aromatic heterocycles. The fraction of sp³-hybridized carbons (Fsp3) is 0.500. The molecule has 0 saturated carbocycles. The second-order valence-electron chi connectivity index (χ2n) is 8.02. The summed E-state index contributed by atoms with van der Waals surface area (Å²) in [5.74, 6) is 3.46. The molecule has 0 unspecified atom stereocenters. The number of anilines is 1. The zero-order valence-corrected chi connectivity index (χ0v) is 20.0. The lowest BCUT2D eigenvalue weighted by Gasteiger charge is -2.33. The van der Waals surface area contributed by atoms with E-state index in [0.29, 0.717) is 13.1 Å². The van der Waals surface area contributed by atoms with Gasteiger partial charge in [0.2, 0.25) is 0 Å². The number of nitrogens with one attached hydrogen (secondary N) is 1. The third-order valence-corrected chi connectivity index (χ3v) is 5.65. The molecule has 0 amide bonds. The first kappa shape index (κ1) is 23.7. The lowest BCUT2D eigenvalue weighted by atomic mass is 10.2. The van der Waals surface area contributed by atoms with Crippen molar-refractivity contribution in [2.24, 2.45) is 4.99 Å². The molecular formula is C24H36N6O2. The van der Waals surface area contributed by atoms with Crippen molar-refractivity contribution in [3.63, 3.8) is 0 Å². The van der Waals surface area contributed by atoms with Gasteiger partial charge in [0.25, 0.3) is 0 Å². The number of nitrogens with zero attached hydrogens (tertiary/aromatic N) is 5. The van der Waals surface area contributed by atoms with Gasteiger partial charge in [-0.15, -0.1) is 0 Å². The number of ether oxygens (including phenoxy) is 2. The van der Waals surface area contributed by atoms with Gasteiger partial charge >= 0.3 is 0 Å². The Balaban J connectivity index is 1.65. The van der Waals surface area contributed by atoms with E-state index in [0.717, 1.165) is 67.1 Å². The molecule has 8 heteroatoms. The molecule has 2 heterocycles. The highest BCUT2D eigenvalue weighted by molar-refractivity contribution is 5.79. The number of aliphatic imine (C=N–C) groups is 1. The van der Waals surface area contributed by atoms with E-state index in [1.165, 1.54) is 0 Å². The molecule has 1 aliphatic heterocycles. The van der Waals surface area contributed by atoms with Gasteiger partial charge in [-0.1, -0.05) is 6.07 Å². The largest absolute Gasteiger partial charge is 0.497 e. The maximum atomic E-state index is 5.54. The number of pyridine rings is 1. The van der Waals surface area contributed by atoms with Crippen LogP contribution in [0.25, 0.3) is 0 Å². The molecule has 0 bridgehead atoms. The number of benzene rings is 1. The average Bonchev–Trinajstić information content (AvgIpc) is 2.82. The number of aromatic nitrogens is 1. The summed E-state index contributed by atoms with van der Waals surface area (Å²) >= 11 is 0. The smallest absolute Gasteiger partial charge is 0.194 e. The minimum atomic E-state index is 0.572. The molecule has 0 atom stereocenters. The number of likely N-dealkylation sites (N-methyl/N-ethyl adjacent to an activating group) is 1. The maximum absolute atomic E-state index is 5.54. The van der Waals surface area contributed by atoms with Crippen LogP contribution in [0.15, 0.2) is 41.5 Å². The number of methoxy groups -OCH3 is 2. The summed E-state index contributed by atoms with van der Waals surface area (Å²) in [5, 5.41) is 3.38. The van der Waals surface area contributed by atoms with E-state index in [2.05, 4.69) is 51.1 Å². The van der Waals surface area contributed by atoms with Crippen molar-refractivity contribution >= 4 is 11.8 Å². The molecular weight excluding hydrogens is 404 g/mol. The Kier molecular flexibility index (Phi) is 8.56. The van der Waals surface area contributed by atoms with E-state index in [-0.39, 0.29) is 0 Å². The fourth-order valence-electron chi connectivity index (χ4n) is 3.68. The predicted molar refractivity (Wildman–Crippen MR) is 130 cm³/mol. The summed E-state index contributed by atoms with van der Waals surface area (Å²) in [4.78, 5) is 16.3. The average molecular weight is 441 g/mol. The molecule has 0 spiro atoms. The highest BCUT2D eigenvalue weighted by Gasteiger charge is 2.15. The molecule has 8 nitrogen and oxygen atoms in total. The van der Waals surface area contributed by atoms with Crippen LogP contribution < -0.4 is 19.7 Å². The molecule has 1 aromatic carbocycles. The van der Waals surface area contributed by atoms with Crippen molar-refractivity contribution in [2.75, 3.05) is 65.9 Å². The van der Waals surface area contributed by atoms with Gasteiger partial charge in [-0.3, -0.25) is 0 Å². The zero-order chi connectivity index (χ0) is 22.9. The summed E-state index contributed by atoms with van der Waals surface area (Å²) in [6, 6.07) is 10.1. The minimum Gasteiger partial charge on any atom is -0.497 e. The van der Waals surface area contributed by atoms with Crippen molar-refractivity contribution in [1.82, 2.24) is 20.1 Å². The quantitative estimate of drug-likeness (QED) is 0.500. The molecule has 1 fully saturated rings. The molecule has 174 valence electrons. The van der Waals surface area contributed by atoms with Gasteiger partial charge in [0.15, 0.2) is 5.96 Å². The first-order valence-corrected chi connectivity index (χ1v) is 11.1. The Morgan fingerprint density at radius 2 is 1.91 bits per heavy atom. The molecule has 32 heavy (non-hydrogen) atoms. The van der Waals surface area contributed by atoms with Gasteiger partial charge in [-0.05, 0) is 37.7 Å². The van der Waals surface area contributed by atoms with Crippen LogP contribution >= 0.6 is 0 Å². The standard InChI is InChI=1S/C24H36N6O2/c1-6-25-24(29(3)18-20-8-9-21(31-4)15-22(20)32-5)27-17-19-7-10-23(26-16-19)30-13-11-28(2)12-14-30/h7-10,15-16H,6,11-14,17-18H2,1-5H3,(H,25,27). The second kappa shape index (κ2) is 11.6. The van der Waals surface area contributed by atoms with Gasteiger partial charge in [0.05, 0.1) is 20.8 Å². The van der Waals surface area contributed by atoms with Crippen molar-refractivity contribution in [3.8, 4) is 11.5 Å². The maximum Gasteiger partial charge on any atom is 0.194 e. The number of guanidine groups is 1. The molecule has 3 rings (SSSR count). The van der Waals surface area contributed by atoms with Gasteiger partial charge in [-0.25, -0.2) is 9.98 Å². The Morgan fingerprint density at radius 1 is 1.12 bits per heavy atom. The number of hydrogen-bond donors (Lipinski definition) is 1. The first-order valence-electron chi connectivity index (χ1n) is 11.1. The van der Waals surface area contributed by atoms with E-state index in [1.54, 1.807) is 14.2 Å². The molecule has 1 N–H and O–H groups in total. The minimum absolute atomic E-state index is 0.572. The van der Waals surface area contributed by atoms with Crippen LogP contribution in [0.2, 0.25) is 0 Å². The van der Waals surface area contributed by atoms with Crippen molar-refractivity contribution in [2.45, 2.75) is 20.0 Å². The van der Waals surface area contributed by atoms with Crippen LogP contribution in [-0.4, -0.2) is 81.8 Å². The van der Waals surface area contributed by atoms with E-state index in [9.17, 15) is 0 Å². The van der Waals surface area contributed by atoms with Crippen molar-refractivity contribution in [3.05, 3.63) is 47.7 Å². The van der Waals surface area contributed by atoms with E-state index in [4.69, 9.17) is 14.5 Å². The number of piperazine rings is 1. The van der Waals surface area contributed by atoms with Gasteiger partial charge < -0.3 is 29.5 Å². The van der Waals surface area contributed by atoms with Crippen molar-refractivity contribution in [1.29, 1.82) is 0 Å². The van der Waals surface area contributed by atoms with Gasteiger partial charge in [-0.2, -0.15) is 0 Å². The summed E-state index contributed by atoms with van der Waals surface area (Å²) in [6.07, 6.45) is 1.94. The van der Waals surface area contributed by atoms with E-state index >= 15 is 0 Å². The second-order valence-corrected chi connectivity index (χ2v) is 8.02. The first-order chi connectivity index (χ1) is 15.5. The van der Waals surface area contributed by atoms with Crippen LogP contribution in [0.1, 0.15) is 18.1 Å². The third kappa shape index (κ3) is 6.26. The van der Waals surface area contributed by atoms with Gasteiger partial charge in [0.1, 0.15) is 17.3 Å². The molecule has 0 aliphatic carbocycles. The summed E-state index contributed by atoms with van der Waals surface area (Å²) in [6.45, 7) is 8.29.